The molecule has 0 N–H and O–H groups in total. The third kappa shape index (κ3) is 5.19. The maximum absolute atomic E-state index is 6.12. The molecule has 0 saturated heterocycles. The lowest BCUT2D eigenvalue weighted by Gasteiger charge is -2.21. The number of benzene rings is 1. The van der Waals surface area contributed by atoms with Crippen LogP contribution in [-0.4, -0.2) is 30.9 Å². The van der Waals surface area contributed by atoms with E-state index in [9.17, 15) is 0 Å². The third-order valence-electron chi connectivity index (χ3n) is 2.86. The van der Waals surface area contributed by atoms with E-state index in [1.165, 1.54) is 5.56 Å². The molecule has 0 aliphatic heterocycles. The first-order valence-electron chi connectivity index (χ1n) is 7.20. The number of para-hydroxylation sites is 1. The van der Waals surface area contributed by atoms with Crippen molar-refractivity contribution in [2.45, 2.75) is 26.1 Å². The average Bonchev–Trinajstić information content (AvgIpc) is 2.80. The van der Waals surface area contributed by atoms with Crippen molar-refractivity contribution in [3.05, 3.63) is 47.8 Å². The summed E-state index contributed by atoms with van der Waals surface area (Å²) in [5, 5.41) is 4.27. The highest BCUT2D eigenvalue weighted by Crippen LogP contribution is 2.22. The summed E-state index contributed by atoms with van der Waals surface area (Å²) >= 11 is 0. The Morgan fingerprint density at radius 2 is 2.00 bits per heavy atom. The van der Waals surface area contributed by atoms with Crippen molar-refractivity contribution in [2.24, 2.45) is 12.0 Å². The molecule has 1 heterocycles. The minimum atomic E-state index is -1.58. The van der Waals surface area contributed by atoms with Crippen LogP contribution in [0.5, 0.6) is 5.75 Å². The molecule has 0 aliphatic carbocycles. The lowest BCUT2D eigenvalue weighted by Crippen LogP contribution is -2.29. The van der Waals surface area contributed by atoms with Gasteiger partial charge in [-0.2, -0.15) is 5.10 Å². The first-order valence-corrected chi connectivity index (χ1v) is 10.6. The summed E-state index contributed by atoms with van der Waals surface area (Å²) in [4.78, 5) is 4.44. The molecular weight excluding hydrogens is 278 g/mol. The first-order chi connectivity index (χ1) is 9.94. The van der Waals surface area contributed by atoms with Gasteiger partial charge < -0.3 is 4.43 Å². The third-order valence-corrected chi connectivity index (χ3v) is 3.69. The van der Waals surface area contributed by atoms with Gasteiger partial charge in [0.05, 0.1) is 0 Å². The van der Waals surface area contributed by atoms with Crippen molar-refractivity contribution >= 4 is 14.5 Å². The molecule has 112 valence electrons. The molecule has 2 aromatic rings. The van der Waals surface area contributed by atoms with Gasteiger partial charge in [-0.3, -0.25) is 9.67 Å². The predicted octanol–water partition coefficient (Wildman–Crippen LogP) is 3.30. The molecule has 2 rings (SSSR count). The molecule has 0 spiro atoms. The number of hydrogen-bond donors (Lipinski definition) is 0. The van der Waals surface area contributed by atoms with Crippen LogP contribution in [0.15, 0.2) is 41.5 Å². The summed E-state index contributed by atoms with van der Waals surface area (Å²) in [6.45, 7) is 7.33. The lowest BCUT2D eigenvalue weighted by molar-refractivity contribution is 0.549. The van der Waals surface area contributed by atoms with E-state index in [-0.39, 0.29) is 0 Å². The van der Waals surface area contributed by atoms with Gasteiger partial charge in [0.25, 0.3) is 0 Å². The fourth-order valence-electron chi connectivity index (χ4n) is 1.98. The van der Waals surface area contributed by atoms with E-state index < -0.39 is 8.32 Å². The standard InChI is InChI=1S/C16H23N3OSi/c1-19-12-10-15(18-19)13-17-11-9-14-7-5-6-8-16(14)20-21(2,3)4/h5-8,10,12-13H,9,11H2,1-4H3. The largest absolute Gasteiger partial charge is 0.544 e. The average molecular weight is 301 g/mol. The highest BCUT2D eigenvalue weighted by molar-refractivity contribution is 6.70. The Hall–Kier alpha value is -1.88. The van der Waals surface area contributed by atoms with Crippen LogP contribution >= 0.6 is 0 Å². The Bertz CT molecular complexity index is 614. The summed E-state index contributed by atoms with van der Waals surface area (Å²) in [6.07, 6.45) is 4.62. The minimum Gasteiger partial charge on any atom is -0.544 e. The summed E-state index contributed by atoms with van der Waals surface area (Å²) < 4.78 is 7.90. The van der Waals surface area contributed by atoms with E-state index in [2.05, 4.69) is 47.9 Å². The topological polar surface area (TPSA) is 39.4 Å². The Morgan fingerprint density at radius 3 is 2.67 bits per heavy atom. The maximum Gasteiger partial charge on any atom is 0.242 e. The molecule has 0 amide bonds. The van der Waals surface area contributed by atoms with Crippen LogP contribution in [0.4, 0.5) is 0 Å². The zero-order valence-corrected chi connectivity index (χ0v) is 14.2. The second-order valence-corrected chi connectivity index (χ2v) is 10.5. The van der Waals surface area contributed by atoms with Gasteiger partial charge in [0.1, 0.15) is 11.4 Å². The Kier molecular flexibility index (Phi) is 4.96. The van der Waals surface area contributed by atoms with Crippen LogP contribution in [0.2, 0.25) is 19.6 Å². The summed E-state index contributed by atoms with van der Waals surface area (Å²) in [5.41, 5.74) is 2.11. The maximum atomic E-state index is 6.12. The molecule has 0 saturated carbocycles. The van der Waals surface area contributed by atoms with Gasteiger partial charge in [-0.1, -0.05) is 18.2 Å². The van der Waals surface area contributed by atoms with E-state index in [0.717, 1.165) is 24.4 Å². The fourth-order valence-corrected chi connectivity index (χ4v) is 2.84. The minimum absolute atomic E-state index is 0.739. The molecular formula is C16H23N3OSi. The number of rotatable bonds is 6. The Labute approximate surface area is 127 Å². The Morgan fingerprint density at radius 1 is 1.24 bits per heavy atom. The van der Waals surface area contributed by atoms with Crippen LogP contribution in [0.3, 0.4) is 0 Å². The van der Waals surface area contributed by atoms with Crippen LogP contribution in [0.25, 0.3) is 0 Å². The Balaban J connectivity index is 1.95. The van der Waals surface area contributed by atoms with E-state index >= 15 is 0 Å². The number of aryl methyl sites for hydroxylation is 1. The molecule has 0 fully saturated rings. The van der Waals surface area contributed by atoms with Crippen molar-refractivity contribution < 1.29 is 4.43 Å². The number of nitrogens with zero attached hydrogens (tertiary/aromatic N) is 3. The SMILES string of the molecule is Cn1ccc(C=NCCc2ccccc2O[Si](C)(C)C)n1. The normalized spacial score (nSPS) is 12.0. The molecule has 4 nitrogen and oxygen atoms in total. The van der Waals surface area contributed by atoms with Gasteiger partial charge in [0, 0.05) is 26.0 Å². The van der Waals surface area contributed by atoms with Crippen molar-refractivity contribution in [3.63, 3.8) is 0 Å². The molecule has 1 aromatic heterocycles. The fraction of sp³-hybridized carbons (Fsp3) is 0.375. The zero-order valence-electron chi connectivity index (χ0n) is 13.2. The molecule has 0 unspecified atom stereocenters. The molecule has 1 aromatic carbocycles. The molecule has 0 aliphatic rings. The molecule has 5 heteroatoms. The first kappa shape index (κ1) is 15.5. The molecule has 0 atom stereocenters. The van der Waals surface area contributed by atoms with E-state index in [1.54, 1.807) is 4.68 Å². The van der Waals surface area contributed by atoms with Gasteiger partial charge in [-0.25, -0.2) is 0 Å². The summed E-state index contributed by atoms with van der Waals surface area (Å²) in [5.74, 6) is 1.00. The second kappa shape index (κ2) is 6.71. The van der Waals surface area contributed by atoms with Crippen LogP contribution in [0.1, 0.15) is 11.3 Å². The van der Waals surface area contributed by atoms with Crippen molar-refractivity contribution in [1.29, 1.82) is 0 Å². The number of aromatic nitrogens is 2. The van der Waals surface area contributed by atoms with E-state index in [4.69, 9.17) is 4.43 Å². The van der Waals surface area contributed by atoms with Gasteiger partial charge in [-0.15, -0.1) is 0 Å². The van der Waals surface area contributed by atoms with Crippen LogP contribution < -0.4 is 4.43 Å². The van der Waals surface area contributed by atoms with E-state index in [0.29, 0.717) is 0 Å². The molecule has 0 radical (unpaired) electrons. The van der Waals surface area contributed by atoms with Crippen molar-refractivity contribution in [1.82, 2.24) is 9.78 Å². The summed E-state index contributed by atoms with van der Waals surface area (Å²) in [6, 6.07) is 10.2. The predicted molar refractivity (Wildman–Crippen MR) is 89.8 cm³/mol. The smallest absolute Gasteiger partial charge is 0.242 e. The number of hydrogen-bond acceptors (Lipinski definition) is 3. The molecule has 0 bridgehead atoms. The lowest BCUT2D eigenvalue weighted by atomic mass is 10.1. The highest BCUT2D eigenvalue weighted by Gasteiger charge is 2.17. The van der Waals surface area contributed by atoms with Gasteiger partial charge in [0.2, 0.25) is 8.32 Å². The monoisotopic (exact) mass is 301 g/mol. The summed E-state index contributed by atoms with van der Waals surface area (Å²) in [7, 11) is 0.326. The van der Waals surface area contributed by atoms with Gasteiger partial charge >= 0.3 is 0 Å². The molecule has 21 heavy (non-hydrogen) atoms. The van der Waals surface area contributed by atoms with Crippen molar-refractivity contribution in [2.75, 3.05) is 6.54 Å². The van der Waals surface area contributed by atoms with Crippen LogP contribution in [-0.2, 0) is 13.5 Å². The number of aliphatic imine (C=N–C) groups is 1. The highest BCUT2D eigenvalue weighted by atomic mass is 28.4. The van der Waals surface area contributed by atoms with Gasteiger partial charge in [0.15, 0.2) is 0 Å². The van der Waals surface area contributed by atoms with Gasteiger partial charge in [-0.05, 0) is 43.8 Å². The van der Waals surface area contributed by atoms with Crippen molar-refractivity contribution in [3.8, 4) is 5.75 Å². The second-order valence-electron chi connectivity index (χ2n) is 6.02. The quantitative estimate of drug-likeness (QED) is 0.606. The zero-order chi connectivity index (χ0) is 15.3. The van der Waals surface area contributed by atoms with Crippen LogP contribution in [0, 0.1) is 0 Å². The van der Waals surface area contributed by atoms with E-state index in [1.807, 2.05) is 31.6 Å².